The maximum Gasteiger partial charge on any atom is 0.412 e. The summed E-state index contributed by atoms with van der Waals surface area (Å²) in [7, 11) is 0. The molecule has 0 spiro atoms. The predicted octanol–water partition coefficient (Wildman–Crippen LogP) is 3.15. The van der Waals surface area contributed by atoms with Gasteiger partial charge < -0.3 is 10.1 Å². The SMILES string of the molecule is CCCNC(=O)Oc1cccc(C(C)=O)c1Br. The van der Waals surface area contributed by atoms with Crippen LogP contribution in [0.1, 0.15) is 30.6 Å². The van der Waals surface area contributed by atoms with Crippen LogP contribution in [-0.4, -0.2) is 18.4 Å². The van der Waals surface area contributed by atoms with Gasteiger partial charge in [0.15, 0.2) is 5.78 Å². The van der Waals surface area contributed by atoms with E-state index in [-0.39, 0.29) is 5.78 Å². The lowest BCUT2D eigenvalue weighted by atomic mass is 10.1. The Labute approximate surface area is 108 Å². The minimum absolute atomic E-state index is 0.0868. The monoisotopic (exact) mass is 299 g/mol. The third kappa shape index (κ3) is 3.85. The smallest absolute Gasteiger partial charge is 0.409 e. The molecule has 0 aliphatic carbocycles. The lowest BCUT2D eigenvalue weighted by Gasteiger charge is -2.09. The Morgan fingerprint density at radius 1 is 1.41 bits per heavy atom. The molecule has 0 saturated carbocycles. The quantitative estimate of drug-likeness (QED) is 0.869. The third-order valence-corrected chi connectivity index (χ3v) is 2.88. The molecule has 0 atom stereocenters. The fraction of sp³-hybridized carbons (Fsp3) is 0.333. The number of Topliss-reactive ketones (excluding diaryl/α,β-unsaturated/α-hetero) is 1. The number of halogens is 1. The zero-order valence-corrected chi connectivity index (χ0v) is 11.3. The molecule has 1 amide bonds. The van der Waals surface area contributed by atoms with Crippen molar-refractivity contribution in [3.8, 4) is 5.75 Å². The average molecular weight is 300 g/mol. The number of ether oxygens (including phenoxy) is 1. The number of hydrogen-bond acceptors (Lipinski definition) is 3. The van der Waals surface area contributed by atoms with E-state index < -0.39 is 6.09 Å². The summed E-state index contributed by atoms with van der Waals surface area (Å²) in [5, 5.41) is 2.59. The second kappa shape index (κ2) is 6.39. The number of carbonyl (C=O) groups excluding carboxylic acids is 2. The number of nitrogens with one attached hydrogen (secondary N) is 1. The van der Waals surface area contributed by atoms with Gasteiger partial charge in [0.05, 0.1) is 4.47 Å². The lowest BCUT2D eigenvalue weighted by molar-refractivity contribution is 0.101. The molecule has 92 valence electrons. The van der Waals surface area contributed by atoms with E-state index in [1.165, 1.54) is 6.92 Å². The summed E-state index contributed by atoms with van der Waals surface area (Å²) in [6, 6.07) is 4.97. The van der Waals surface area contributed by atoms with Gasteiger partial charge in [-0.2, -0.15) is 0 Å². The maximum atomic E-state index is 11.4. The molecular formula is C12H14BrNO3. The Balaban J connectivity index is 2.81. The topological polar surface area (TPSA) is 55.4 Å². The molecule has 0 heterocycles. The molecular weight excluding hydrogens is 286 g/mol. The molecule has 1 aromatic rings. The van der Waals surface area contributed by atoms with E-state index in [2.05, 4.69) is 21.2 Å². The molecule has 0 aliphatic heterocycles. The number of rotatable bonds is 4. The van der Waals surface area contributed by atoms with Gasteiger partial charge in [0, 0.05) is 12.1 Å². The van der Waals surface area contributed by atoms with Crippen LogP contribution < -0.4 is 10.1 Å². The molecule has 0 saturated heterocycles. The van der Waals surface area contributed by atoms with Crippen molar-refractivity contribution in [1.82, 2.24) is 5.32 Å². The fourth-order valence-corrected chi connectivity index (χ4v) is 1.85. The van der Waals surface area contributed by atoms with Gasteiger partial charge in [0.25, 0.3) is 0 Å². The van der Waals surface area contributed by atoms with Crippen molar-refractivity contribution in [2.75, 3.05) is 6.54 Å². The Morgan fingerprint density at radius 3 is 2.71 bits per heavy atom. The highest BCUT2D eigenvalue weighted by Crippen LogP contribution is 2.28. The summed E-state index contributed by atoms with van der Waals surface area (Å²) >= 11 is 3.25. The molecule has 5 heteroatoms. The molecule has 1 aromatic carbocycles. The molecule has 4 nitrogen and oxygen atoms in total. The van der Waals surface area contributed by atoms with E-state index in [0.717, 1.165) is 6.42 Å². The summed E-state index contributed by atoms with van der Waals surface area (Å²) < 4.78 is 5.59. The Kier molecular flexibility index (Phi) is 5.15. The van der Waals surface area contributed by atoms with Gasteiger partial charge in [-0.1, -0.05) is 19.1 Å². The van der Waals surface area contributed by atoms with Gasteiger partial charge in [-0.05, 0) is 35.3 Å². The van der Waals surface area contributed by atoms with Crippen molar-refractivity contribution in [2.24, 2.45) is 0 Å². The van der Waals surface area contributed by atoms with E-state index in [0.29, 0.717) is 22.3 Å². The van der Waals surface area contributed by atoms with Crippen LogP contribution in [0.4, 0.5) is 4.79 Å². The van der Waals surface area contributed by atoms with Crippen LogP contribution >= 0.6 is 15.9 Å². The molecule has 0 bridgehead atoms. The summed E-state index contributed by atoms with van der Waals surface area (Å²) in [5.41, 5.74) is 0.491. The number of ketones is 1. The average Bonchev–Trinajstić information content (AvgIpc) is 2.28. The standard InChI is InChI=1S/C12H14BrNO3/c1-3-7-14-12(16)17-10-6-4-5-9(8(2)15)11(10)13/h4-6H,3,7H2,1-2H3,(H,14,16). The first-order valence-corrected chi connectivity index (χ1v) is 6.10. The summed E-state index contributed by atoms with van der Waals surface area (Å²) in [6.07, 6.45) is 0.317. The molecule has 0 aliphatic rings. The van der Waals surface area contributed by atoms with Crippen molar-refractivity contribution in [1.29, 1.82) is 0 Å². The van der Waals surface area contributed by atoms with Crippen molar-refractivity contribution in [2.45, 2.75) is 20.3 Å². The Hall–Kier alpha value is -1.36. The van der Waals surface area contributed by atoms with Crippen LogP contribution in [0.5, 0.6) is 5.75 Å². The van der Waals surface area contributed by atoms with Crippen LogP contribution in [0.25, 0.3) is 0 Å². The van der Waals surface area contributed by atoms with Gasteiger partial charge in [0.2, 0.25) is 0 Å². The highest BCUT2D eigenvalue weighted by atomic mass is 79.9. The van der Waals surface area contributed by atoms with E-state index in [9.17, 15) is 9.59 Å². The molecule has 1 N–H and O–H groups in total. The van der Waals surface area contributed by atoms with E-state index in [1.54, 1.807) is 18.2 Å². The van der Waals surface area contributed by atoms with Crippen molar-refractivity contribution in [3.63, 3.8) is 0 Å². The first-order valence-electron chi connectivity index (χ1n) is 5.31. The number of carbonyl (C=O) groups is 2. The molecule has 1 rings (SSSR count). The Morgan fingerprint density at radius 2 is 2.12 bits per heavy atom. The van der Waals surface area contributed by atoms with E-state index >= 15 is 0 Å². The first kappa shape index (κ1) is 13.7. The minimum Gasteiger partial charge on any atom is -0.409 e. The molecule has 0 radical (unpaired) electrons. The highest BCUT2D eigenvalue weighted by Gasteiger charge is 2.12. The predicted molar refractivity (Wildman–Crippen MR) is 68.5 cm³/mol. The minimum atomic E-state index is -0.520. The second-order valence-corrected chi connectivity index (χ2v) is 4.28. The van der Waals surface area contributed by atoms with E-state index in [4.69, 9.17) is 4.74 Å². The number of hydrogen-bond donors (Lipinski definition) is 1. The number of benzene rings is 1. The molecule has 17 heavy (non-hydrogen) atoms. The van der Waals surface area contributed by atoms with Crippen LogP contribution in [0.3, 0.4) is 0 Å². The molecule has 0 aromatic heterocycles. The van der Waals surface area contributed by atoms with Crippen LogP contribution in [0.15, 0.2) is 22.7 Å². The molecule has 0 fully saturated rings. The van der Waals surface area contributed by atoms with Gasteiger partial charge in [-0.25, -0.2) is 4.79 Å². The zero-order chi connectivity index (χ0) is 12.8. The normalized spacial score (nSPS) is 9.82. The maximum absolute atomic E-state index is 11.4. The second-order valence-electron chi connectivity index (χ2n) is 3.49. The first-order chi connectivity index (χ1) is 8.06. The summed E-state index contributed by atoms with van der Waals surface area (Å²) in [4.78, 5) is 22.7. The zero-order valence-electron chi connectivity index (χ0n) is 9.75. The lowest BCUT2D eigenvalue weighted by Crippen LogP contribution is -2.27. The van der Waals surface area contributed by atoms with Gasteiger partial charge in [-0.15, -0.1) is 0 Å². The van der Waals surface area contributed by atoms with Crippen molar-refractivity contribution < 1.29 is 14.3 Å². The fourth-order valence-electron chi connectivity index (χ4n) is 1.22. The Bertz CT molecular complexity index is 432. The largest absolute Gasteiger partial charge is 0.412 e. The molecule has 0 unspecified atom stereocenters. The number of amides is 1. The van der Waals surface area contributed by atoms with Gasteiger partial charge in [0.1, 0.15) is 5.75 Å². The van der Waals surface area contributed by atoms with Gasteiger partial charge in [-0.3, -0.25) is 4.79 Å². The third-order valence-electron chi connectivity index (χ3n) is 2.06. The van der Waals surface area contributed by atoms with Crippen LogP contribution in [-0.2, 0) is 0 Å². The summed E-state index contributed by atoms with van der Waals surface area (Å²) in [6.45, 7) is 3.97. The van der Waals surface area contributed by atoms with Gasteiger partial charge >= 0.3 is 6.09 Å². The van der Waals surface area contributed by atoms with Crippen molar-refractivity contribution >= 4 is 27.8 Å². The highest BCUT2D eigenvalue weighted by molar-refractivity contribution is 9.10. The van der Waals surface area contributed by atoms with Crippen LogP contribution in [0, 0.1) is 0 Å². The summed E-state index contributed by atoms with van der Waals surface area (Å²) in [5.74, 6) is 0.252. The van der Waals surface area contributed by atoms with Crippen molar-refractivity contribution in [3.05, 3.63) is 28.2 Å². The van der Waals surface area contributed by atoms with E-state index in [1.807, 2.05) is 6.92 Å². The van der Waals surface area contributed by atoms with Crippen LogP contribution in [0.2, 0.25) is 0 Å².